The summed E-state index contributed by atoms with van der Waals surface area (Å²) in [6, 6.07) is 0. The molecule has 3 rings (SSSR count). The fourth-order valence-corrected chi connectivity index (χ4v) is 6.83. The smallest absolute Gasteiger partial charge is 0.425 e. The van der Waals surface area contributed by atoms with Crippen LogP contribution in [0.2, 0.25) is 0 Å². The van der Waals surface area contributed by atoms with Crippen LogP contribution in [0.1, 0.15) is 47.0 Å². The second-order valence-corrected chi connectivity index (χ2v) is 13.5. The lowest BCUT2D eigenvalue weighted by atomic mass is 9.84. The van der Waals surface area contributed by atoms with Crippen LogP contribution in [-0.2, 0) is 30.3 Å². The number of amides is 1. The van der Waals surface area contributed by atoms with Crippen LogP contribution in [0.4, 0.5) is 4.79 Å². The first kappa shape index (κ1) is 23.8. The number of hydrogen-bond donors (Lipinski definition) is 0. The third-order valence-electron chi connectivity index (χ3n) is 5.91. The molecular weight excluding hydrogens is 443 g/mol. The molecule has 2 aliphatic heterocycles. The molecule has 30 heavy (non-hydrogen) atoms. The Morgan fingerprint density at radius 3 is 2.50 bits per heavy atom. The van der Waals surface area contributed by atoms with Gasteiger partial charge in [0.2, 0.25) is 0 Å². The highest BCUT2D eigenvalue weighted by Crippen LogP contribution is 2.60. The minimum absolute atomic E-state index is 0.0141. The summed E-state index contributed by atoms with van der Waals surface area (Å²) in [5.41, 5.74) is 0.721. The summed E-state index contributed by atoms with van der Waals surface area (Å²) in [7, 11) is 3.43. The molecule has 168 valence electrons. The average Bonchev–Trinajstić information content (AvgIpc) is 2.98. The molecule has 1 amide bonds. The van der Waals surface area contributed by atoms with Crippen LogP contribution < -0.4 is 0 Å². The van der Waals surface area contributed by atoms with E-state index in [1.807, 2.05) is 26.0 Å². The van der Waals surface area contributed by atoms with Crippen LogP contribution in [0.5, 0.6) is 0 Å². The van der Waals surface area contributed by atoms with Crippen molar-refractivity contribution in [3.8, 4) is 0 Å². The van der Waals surface area contributed by atoms with E-state index in [0.717, 1.165) is 37.0 Å². The Morgan fingerprint density at radius 1 is 1.27 bits per heavy atom. The van der Waals surface area contributed by atoms with E-state index in [2.05, 4.69) is 13.8 Å². The number of hydrogen-bond acceptors (Lipinski definition) is 7. The van der Waals surface area contributed by atoms with Gasteiger partial charge in [0.25, 0.3) is 6.64 Å². The van der Waals surface area contributed by atoms with Crippen LogP contribution in [-0.4, -0.2) is 41.8 Å². The number of ether oxygens (including phenoxy) is 2. The number of allylic oxidation sites excluding steroid dienone is 4. The van der Waals surface area contributed by atoms with Crippen molar-refractivity contribution in [1.82, 2.24) is 8.38 Å². The fourth-order valence-electron chi connectivity index (χ4n) is 3.54. The first-order valence-electron chi connectivity index (χ1n) is 10.1. The molecule has 2 heterocycles. The van der Waals surface area contributed by atoms with Crippen molar-refractivity contribution in [3.63, 3.8) is 0 Å². The zero-order chi connectivity index (χ0) is 22.2. The highest BCUT2D eigenvalue weighted by atomic mass is 32.5. The van der Waals surface area contributed by atoms with E-state index < -0.39 is 12.7 Å². The molecule has 10 heteroatoms. The molecule has 0 atom stereocenters. The van der Waals surface area contributed by atoms with Gasteiger partial charge < -0.3 is 18.5 Å². The fraction of sp³-hybridized carbons (Fsp3) is 0.650. The maximum Gasteiger partial charge on any atom is 0.425 e. The van der Waals surface area contributed by atoms with Gasteiger partial charge in [0.05, 0.1) is 31.6 Å². The first-order chi connectivity index (χ1) is 14.1. The number of carbonyl (C=O) groups excluding carboxylic acids is 1. The van der Waals surface area contributed by atoms with E-state index in [4.69, 9.17) is 30.3 Å². The second-order valence-electron chi connectivity index (χ2n) is 8.49. The molecule has 0 N–H and O–H groups in total. The third-order valence-corrected chi connectivity index (χ3v) is 10.7. The van der Waals surface area contributed by atoms with Gasteiger partial charge >= 0.3 is 6.09 Å². The number of fused-ring (bicyclic) bond motifs is 1. The van der Waals surface area contributed by atoms with Gasteiger partial charge in [-0.15, -0.1) is 0 Å². The number of rotatable bonds is 6. The maximum atomic E-state index is 12.8. The first-order valence-corrected chi connectivity index (χ1v) is 13.4. The SMILES string of the molecule is CCC1(CC)COP(=S)(N(C)SN(C)C(=O)OC2=C3OC=CC=C3CC2(C)C)OC1. The molecule has 0 radical (unpaired) electrons. The normalized spacial score (nSPS) is 23.6. The van der Waals surface area contributed by atoms with Gasteiger partial charge in [-0.1, -0.05) is 33.8 Å². The molecule has 1 saturated heterocycles. The Bertz CT molecular complexity index is 821. The van der Waals surface area contributed by atoms with Gasteiger partial charge in [-0.2, -0.15) is 4.08 Å². The van der Waals surface area contributed by atoms with E-state index >= 15 is 0 Å². The molecule has 1 fully saturated rings. The lowest BCUT2D eigenvalue weighted by molar-refractivity contribution is 0.0200. The summed E-state index contributed by atoms with van der Waals surface area (Å²) in [6.07, 6.45) is 7.63. The van der Waals surface area contributed by atoms with E-state index in [1.54, 1.807) is 24.4 Å². The van der Waals surface area contributed by atoms with Gasteiger partial charge in [0.1, 0.15) is 0 Å². The quantitative estimate of drug-likeness (QED) is 0.357. The maximum absolute atomic E-state index is 12.8. The molecule has 0 aromatic rings. The minimum Gasteiger partial charge on any atom is -0.461 e. The Labute approximate surface area is 188 Å². The largest absolute Gasteiger partial charge is 0.461 e. The zero-order valence-electron chi connectivity index (χ0n) is 18.5. The molecule has 0 aromatic carbocycles. The average molecular weight is 475 g/mol. The van der Waals surface area contributed by atoms with Crippen molar-refractivity contribution in [1.29, 1.82) is 0 Å². The molecular formula is C20H31N2O5PS2. The van der Waals surface area contributed by atoms with E-state index in [9.17, 15) is 4.79 Å². The highest BCUT2D eigenvalue weighted by molar-refractivity contribution is 8.15. The number of nitrogens with zero attached hydrogens (tertiary/aromatic N) is 2. The lowest BCUT2D eigenvalue weighted by Gasteiger charge is -2.42. The third kappa shape index (κ3) is 4.66. The van der Waals surface area contributed by atoms with Gasteiger partial charge in [-0.3, -0.25) is 0 Å². The Morgan fingerprint density at radius 2 is 1.90 bits per heavy atom. The van der Waals surface area contributed by atoms with Crippen LogP contribution in [0.15, 0.2) is 35.5 Å². The van der Waals surface area contributed by atoms with E-state index in [1.165, 1.54) is 4.31 Å². The lowest BCUT2D eigenvalue weighted by Crippen LogP contribution is -2.37. The Kier molecular flexibility index (Phi) is 7.12. The Balaban J connectivity index is 1.63. The van der Waals surface area contributed by atoms with Gasteiger partial charge in [0, 0.05) is 24.9 Å². The van der Waals surface area contributed by atoms with Crippen LogP contribution in [0.25, 0.3) is 0 Å². The molecule has 0 saturated carbocycles. The minimum atomic E-state index is -2.66. The van der Waals surface area contributed by atoms with Crippen molar-refractivity contribution >= 4 is 36.7 Å². The zero-order valence-corrected chi connectivity index (χ0v) is 21.0. The van der Waals surface area contributed by atoms with Crippen molar-refractivity contribution < 1.29 is 23.3 Å². The van der Waals surface area contributed by atoms with E-state index in [0.29, 0.717) is 24.7 Å². The monoisotopic (exact) mass is 474 g/mol. The summed E-state index contributed by atoms with van der Waals surface area (Å²) in [4.78, 5) is 12.8. The van der Waals surface area contributed by atoms with Crippen LogP contribution >= 0.6 is 18.8 Å². The van der Waals surface area contributed by atoms with Gasteiger partial charge in [-0.25, -0.2) is 9.10 Å². The van der Waals surface area contributed by atoms with Crippen LogP contribution in [0, 0.1) is 10.8 Å². The second kappa shape index (κ2) is 8.96. The molecule has 0 spiro atoms. The van der Waals surface area contributed by atoms with Crippen molar-refractivity contribution in [2.45, 2.75) is 47.0 Å². The molecule has 0 bridgehead atoms. The summed E-state index contributed by atoms with van der Waals surface area (Å²) in [5.74, 6) is 1.17. The predicted octanol–water partition coefficient (Wildman–Crippen LogP) is 5.74. The van der Waals surface area contributed by atoms with Gasteiger partial charge in [0.15, 0.2) is 11.5 Å². The van der Waals surface area contributed by atoms with Crippen LogP contribution in [0.3, 0.4) is 0 Å². The molecule has 1 aliphatic carbocycles. The number of carbonyl (C=O) groups is 1. The summed E-state index contributed by atoms with van der Waals surface area (Å²) >= 11 is 6.82. The van der Waals surface area contributed by atoms with Crippen molar-refractivity contribution in [2.75, 3.05) is 27.3 Å². The predicted molar refractivity (Wildman–Crippen MR) is 123 cm³/mol. The highest BCUT2D eigenvalue weighted by Gasteiger charge is 2.43. The Hall–Kier alpha value is -0.830. The van der Waals surface area contributed by atoms with E-state index in [-0.39, 0.29) is 10.8 Å². The van der Waals surface area contributed by atoms with Gasteiger partial charge in [-0.05, 0) is 42.7 Å². The standard InChI is InChI=1S/C20H31N2O5PS2/c1-7-20(8-2)13-25-28(29,26-14-20)22(6)30-21(5)18(23)27-17-16-15(10-9-11-24-16)12-19(17,3)4/h9-11H,7-8,12-14H2,1-6H3. The molecule has 3 aliphatic rings. The summed E-state index contributed by atoms with van der Waals surface area (Å²) in [6.45, 7) is 6.82. The van der Waals surface area contributed by atoms with Crippen molar-refractivity contribution in [3.05, 3.63) is 35.5 Å². The molecule has 0 unspecified atom stereocenters. The molecule has 7 nitrogen and oxygen atoms in total. The van der Waals surface area contributed by atoms with Crippen molar-refractivity contribution in [2.24, 2.45) is 10.8 Å². The topological polar surface area (TPSA) is 60.5 Å². The summed E-state index contributed by atoms with van der Waals surface area (Å²) in [5, 5.41) is 0. The molecule has 0 aromatic heterocycles. The summed E-state index contributed by atoms with van der Waals surface area (Å²) < 4.78 is 26.6.